The second-order valence-electron chi connectivity index (χ2n) is 6.76. The Morgan fingerprint density at radius 3 is 2.42 bits per heavy atom. The highest BCUT2D eigenvalue weighted by Crippen LogP contribution is 2.07. The van der Waals surface area contributed by atoms with Gasteiger partial charge in [0, 0.05) is 18.2 Å². The Morgan fingerprint density at radius 2 is 1.77 bits per heavy atom. The SMILES string of the molecule is Cc1cc(NC(=O)C(=O)NCc2ccc(C[NH+]3CCCCC3)cc2)no1. The van der Waals surface area contributed by atoms with E-state index < -0.39 is 11.8 Å². The summed E-state index contributed by atoms with van der Waals surface area (Å²) >= 11 is 0. The highest BCUT2D eigenvalue weighted by atomic mass is 16.5. The van der Waals surface area contributed by atoms with Crippen molar-refractivity contribution in [1.82, 2.24) is 10.5 Å². The summed E-state index contributed by atoms with van der Waals surface area (Å²) in [6, 6.07) is 9.74. The lowest BCUT2D eigenvalue weighted by molar-refractivity contribution is -0.918. The number of nitrogens with zero attached hydrogens (tertiary/aromatic N) is 1. The predicted molar refractivity (Wildman–Crippen MR) is 96.4 cm³/mol. The molecule has 1 aromatic carbocycles. The molecule has 1 aliphatic rings. The fraction of sp³-hybridized carbons (Fsp3) is 0.421. The lowest BCUT2D eigenvalue weighted by Gasteiger charge is -2.23. The third-order valence-electron chi connectivity index (χ3n) is 4.57. The molecule has 0 bridgehead atoms. The molecule has 0 aliphatic carbocycles. The van der Waals surface area contributed by atoms with E-state index >= 15 is 0 Å². The van der Waals surface area contributed by atoms with E-state index in [0.29, 0.717) is 12.3 Å². The van der Waals surface area contributed by atoms with Crippen LogP contribution in [0.25, 0.3) is 0 Å². The van der Waals surface area contributed by atoms with Crippen LogP contribution in [0.3, 0.4) is 0 Å². The second-order valence-corrected chi connectivity index (χ2v) is 6.76. The molecule has 1 saturated heterocycles. The first-order valence-corrected chi connectivity index (χ1v) is 9.04. The van der Waals surface area contributed by atoms with Crippen LogP contribution < -0.4 is 15.5 Å². The van der Waals surface area contributed by atoms with Gasteiger partial charge in [-0.3, -0.25) is 14.9 Å². The summed E-state index contributed by atoms with van der Waals surface area (Å²) in [5.74, 6) is -0.671. The van der Waals surface area contributed by atoms with E-state index in [0.717, 1.165) is 12.1 Å². The zero-order valence-electron chi connectivity index (χ0n) is 15.0. The Kier molecular flexibility index (Phi) is 6.01. The van der Waals surface area contributed by atoms with Crippen molar-refractivity contribution >= 4 is 17.6 Å². The molecule has 7 heteroatoms. The first-order valence-electron chi connectivity index (χ1n) is 9.04. The maximum atomic E-state index is 11.9. The van der Waals surface area contributed by atoms with Gasteiger partial charge in [0.25, 0.3) is 0 Å². The van der Waals surface area contributed by atoms with E-state index in [1.807, 2.05) is 12.1 Å². The maximum absolute atomic E-state index is 11.9. The minimum atomic E-state index is -0.761. The van der Waals surface area contributed by atoms with Crippen molar-refractivity contribution in [1.29, 1.82) is 0 Å². The van der Waals surface area contributed by atoms with Gasteiger partial charge < -0.3 is 14.7 Å². The van der Waals surface area contributed by atoms with Crippen molar-refractivity contribution < 1.29 is 19.0 Å². The molecule has 26 heavy (non-hydrogen) atoms. The van der Waals surface area contributed by atoms with Crippen LogP contribution >= 0.6 is 0 Å². The standard InChI is InChI=1S/C19H24N4O3/c1-14-11-17(22-26-14)21-19(25)18(24)20-12-15-5-7-16(8-6-15)13-23-9-3-2-4-10-23/h5-8,11H,2-4,9-10,12-13H2,1H3,(H,20,24)(H,21,22,25)/p+1. The van der Waals surface area contributed by atoms with Gasteiger partial charge in [-0.25, -0.2) is 0 Å². The van der Waals surface area contributed by atoms with Crippen LogP contribution in [0.4, 0.5) is 5.82 Å². The van der Waals surface area contributed by atoms with Gasteiger partial charge >= 0.3 is 11.8 Å². The molecule has 0 spiro atoms. The number of hydrogen-bond donors (Lipinski definition) is 3. The van der Waals surface area contributed by atoms with E-state index in [1.165, 1.54) is 37.9 Å². The fourth-order valence-corrected chi connectivity index (χ4v) is 3.15. The zero-order valence-corrected chi connectivity index (χ0v) is 15.0. The molecule has 138 valence electrons. The Morgan fingerprint density at radius 1 is 1.08 bits per heavy atom. The molecular formula is C19H25N4O3+. The highest BCUT2D eigenvalue weighted by molar-refractivity contribution is 6.39. The van der Waals surface area contributed by atoms with Crippen LogP contribution in [0.2, 0.25) is 0 Å². The first kappa shape index (κ1) is 18.1. The van der Waals surface area contributed by atoms with Crippen molar-refractivity contribution in [2.75, 3.05) is 18.4 Å². The Hall–Kier alpha value is -2.67. The van der Waals surface area contributed by atoms with Gasteiger partial charge in [0.15, 0.2) is 5.82 Å². The number of carbonyl (C=O) groups excluding carboxylic acids is 2. The minimum absolute atomic E-state index is 0.229. The quantitative estimate of drug-likeness (QED) is 0.691. The summed E-state index contributed by atoms with van der Waals surface area (Å²) in [6.45, 7) is 5.56. The number of benzene rings is 1. The van der Waals surface area contributed by atoms with E-state index in [4.69, 9.17) is 4.52 Å². The lowest BCUT2D eigenvalue weighted by atomic mass is 10.1. The molecule has 1 fully saturated rings. The number of piperidine rings is 1. The number of hydrogen-bond acceptors (Lipinski definition) is 4. The Balaban J connectivity index is 1.44. The van der Waals surface area contributed by atoms with Gasteiger partial charge in [0.2, 0.25) is 0 Å². The largest absolute Gasteiger partial charge is 0.360 e. The Labute approximate surface area is 152 Å². The average Bonchev–Trinajstić information content (AvgIpc) is 3.06. The summed E-state index contributed by atoms with van der Waals surface area (Å²) in [5.41, 5.74) is 2.26. The number of aromatic nitrogens is 1. The van der Waals surface area contributed by atoms with Crippen LogP contribution in [-0.4, -0.2) is 30.1 Å². The van der Waals surface area contributed by atoms with Gasteiger partial charge in [-0.05, 0) is 31.7 Å². The summed E-state index contributed by atoms with van der Waals surface area (Å²) in [5, 5.41) is 8.63. The lowest BCUT2D eigenvalue weighted by Crippen LogP contribution is -3.11. The first-order chi connectivity index (χ1) is 12.6. The highest BCUT2D eigenvalue weighted by Gasteiger charge is 2.16. The van der Waals surface area contributed by atoms with E-state index in [1.54, 1.807) is 17.9 Å². The van der Waals surface area contributed by atoms with E-state index in [2.05, 4.69) is 27.9 Å². The van der Waals surface area contributed by atoms with Crippen molar-refractivity contribution in [3.63, 3.8) is 0 Å². The monoisotopic (exact) mass is 357 g/mol. The van der Waals surface area contributed by atoms with Gasteiger partial charge in [-0.1, -0.05) is 29.4 Å². The summed E-state index contributed by atoms with van der Waals surface area (Å²) in [4.78, 5) is 25.3. The topological polar surface area (TPSA) is 88.7 Å². The van der Waals surface area contributed by atoms with E-state index in [-0.39, 0.29) is 5.82 Å². The van der Waals surface area contributed by atoms with Crippen molar-refractivity contribution in [3.8, 4) is 0 Å². The van der Waals surface area contributed by atoms with Crippen molar-refractivity contribution in [2.24, 2.45) is 0 Å². The second kappa shape index (κ2) is 8.62. The van der Waals surface area contributed by atoms with Crippen molar-refractivity contribution in [2.45, 2.75) is 39.3 Å². The third-order valence-corrected chi connectivity index (χ3v) is 4.57. The number of quaternary nitrogens is 1. The third kappa shape index (κ3) is 5.16. The summed E-state index contributed by atoms with van der Waals surface area (Å²) in [6.07, 6.45) is 3.98. The van der Waals surface area contributed by atoms with Gasteiger partial charge in [-0.2, -0.15) is 0 Å². The molecular weight excluding hydrogens is 332 g/mol. The Bertz CT molecular complexity index is 748. The predicted octanol–water partition coefficient (Wildman–Crippen LogP) is 0.807. The van der Waals surface area contributed by atoms with Gasteiger partial charge in [0.1, 0.15) is 12.3 Å². The van der Waals surface area contributed by atoms with E-state index in [9.17, 15) is 9.59 Å². The number of nitrogens with one attached hydrogen (secondary N) is 3. The molecule has 0 radical (unpaired) electrons. The molecule has 3 N–H and O–H groups in total. The van der Waals surface area contributed by atoms with Crippen LogP contribution in [0, 0.1) is 6.92 Å². The normalized spacial score (nSPS) is 14.8. The molecule has 7 nitrogen and oxygen atoms in total. The molecule has 2 aromatic rings. The number of carbonyl (C=O) groups is 2. The van der Waals surface area contributed by atoms with Crippen molar-refractivity contribution in [3.05, 3.63) is 47.2 Å². The van der Waals surface area contributed by atoms with Crippen LogP contribution in [-0.2, 0) is 22.7 Å². The van der Waals surface area contributed by atoms with Crippen LogP contribution in [0.1, 0.15) is 36.1 Å². The molecule has 1 aromatic heterocycles. The van der Waals surface area contributed by atoms with Gasteiger partial charge in [0.05, 0.1) is 13.1 Å². The van der Waals surface area contributed by atoms with Gasteiger partial charge in [-0.15, -0.1) is 0 Å². The van der Waals surface area contributed by atoms with Crippen LogP contribution in [0.15, 0.2) is 34.9 Å². The number of likely N-dealkylation sites (tertiary alicyclic amines) is 1. The molecule has 2 heterocycles. The molecule has 0 saturated carbocycles. The summed E-state index contributed by atoms with van der Waals surface area (Å²) in [7, 11) is 0. The zero-order chi connectivity index (χ0) is 18.4. The smallest absolute Gasteiger partial charge is 0.314 e. The summed E-state index contributed by atoms with van der Waals surface area (Å²) < 4.78 is 4.84. The fourth-order valence-electron chi connectivity index (χ4n) is 3.15. The maximum Gasteiger partial charge on any atom is 0.314 e. The number of rotatable bonds is 5. The molecule has 0 atom stereocenters. The molecule has 1 aliphatic heterocycles. The number of aryl methyl sites for hydroxylation is 1. The number of amides is 2. The average molecular weight is 357 g/mol. The minimum Gasteiger partial charge on any atom is -0.360 e. The number of anilines is 1. The van der Waals surface area contributed by atoms with Crippen LogP contribution in [0.5, 0.6) is 0 Å². The molecule has 0 unspecified atom stereocenters. The molecule has 2 amide bonds. The molecule has 3 rings (SSSR count).